The van der Waals surface area contributed by atoms with Gasteiger partial charge in [0.05, 0.1) is 12.2 Å². The van der Waals surface area contributed by atoms with E-state index in [-0.39, 0.29) is 18.3 Å². The van der Waals surface area contributed by atoms with E-state index in [4.69, 9.17) is 5.73 Å². The Morgan fingerprint density at radius 2 is 2.22 bits per heavy atom. The van der Waals surface area contributed by atoms with Crippen molar-refractivity contribution in [3.8, 4) is 0 Å². The molecule has 0 aliphatic rings. The summed E-state index contributed by atoms with van der Waals surface area (Å²) in [6.45, 7) is 4.72. The summed E-state index contributed by atoms with van der Waals surface area (Å²) in [4.78, 5) is 11.6. The first-order chi connectivity index (χ1) is 7.99. The Balaban J connectivity index is 0.00000289. The third-order valence-corrected chi connectivity index (χ3v) is 2.53. The SMILES string of the molecule is CC(C)C[C@H](N)C(=O)NCCc1cnn(C)c1.Cl. The molecule has 1 atom stereocenters. The molecule has 0 radical (unpaired) electrons. The van der Waals surface area contributed by atoms with Crippen molar-refractivity contribution in [2.45, 2.75) is 32.7 Å². The van der Waals surface area contributed by atoms with E-state index in [0.29, 0.717) is 12.5 Å². The van der Waals surface area contributed by atoms with Gasteiger partial charge in [-0.2, -0.15) is 5.10 Å². The quantitative estimate of drug-likeness (QED) is 0.809. The van der Waals surface area contributed by atoms with Crippen LogP contribution >= 0.6 is 12.4 Å². The highest BCUT2D eigenvalue weighted by Crippen LogP contribution is 2.02. The number of carbonyl (C=O) groups is 1. The van der Waals surface area contributed by atoms with Gasteiger partial charge in [0.15, 0.2) is 0 Å². The van der Waals surface area contributed by atoms with Crippen LogP contribution in [0.1, 0.15) is 25.8 Å². The monoisotopic (exact) mass is 274 g/mol. The van der Waals surface area contributed by atoms with Crippen molar-refractivity contribution in [1.29, 1.82) is 0 Å². The molecule has 0 bridgehead atoms. The number of nitrogens with zero attached hydrogens (tertiary/aromatic N) is 2. The van der Waals surface area contributed by atoms with Gasteiger partial charge in [-0.25, -0.2) is 0 Å². The summed E-state index contributed by atoms with van der Waals surface area (Å²) in [6.07, 6.45) is 5.26. The minimum atomic E-state index is -0.399. The van der Waals surface area contributed by atoms with E-state index in [9.17, 15) is 4.79 Å². The summed E-state index contributed by atoms with van der Waals surface area (Å²) in [5.74, 6) is 0.372. The molecule has 18 heavy (non-hydrogen) atoms. The molecule has 1 aromatic heterocycles. The highest BCUT2D eigenvalue weighted by atomic mass is 35.5. The number of rotatable bonds is 6. The largest absolute Gasteiger partial charge is 0.354 e. The third kappa shape index (κ3) is 6.02. The molecule has 1 rings (SSSR count). The summed E-state index contributed by atoms with van der Waals surface area (Å²) in [7, 11) is 1.88. The molecule has 0 unspecified atom stereocenters. The lowest BCUT2D eigenvalue weighted by molar-refractivity contribution is -0.122. The molecule has 1 heterocycles. The number of halogens is 1. The second-order valence-electron chi connectivity index (χ2n) is 4.80. The van der Waals surface area contributed by atoms with Gasteiger partial charge in [0.2, 0.25) is 5.91 Å². The van der Waals surface area contributed by atoms with Crippen molar-refractivity contribution in [3.63, 3.8) is 0 Å². The minimum Gasteiger partial charge on any atom is -0.354 e. The number of carbonyl (C=O) groups excluding carboxylic acids is 1. The lowest BCUT2D eigenvalue weighted by atomic mass is 10.0. The number of aromatic nitrogens is 2. The van der Waals surface area contributed by atoms with E-state index in [2.05, 4.69) is 24.3 Å². The van der Waals surface area contributed by atoms with Crippen LogP contribution in [0.2, 0.25) is 0 Å². The fourth-order valence-corrected chi connectivity index (χ4v) is 1.68. The fraction of sp³-hybridized carbons (Fsp3) is 0.667. The highest BCUT2D eigenvalue weighted by Gasteiger charge is 2.14. The number of amides is 1. The summed E-state index contributed by atoms with van der Waals surface area (Å²) in [6, 6.07) is -0.399. The highest BCUT2D eigenvalue weighted by molar-refractivity contribution is 5.85. The molecule has 5 nitrogen and oxygen atoms in total. The first kappa shape index (κ1) is 16.9. The van der Waals surface area contributed by atoms with Crippen LogP contribution in [0.25, 0.3) is 0 Å². The maximum absolute atomic E-state index is 11.6. The molecule has 1 amide bonds. The van der Waals surface area contributed by atoms with Crippen LogP contribution in [-0.4, -0.2) is 28.3 Å². The first-order valence-corrected chi connectivity index (χ1v) is 6.00. The van der Waals surface area contributed by atoms with Crippen LogP contribution in [0, 0.1) is 5.92 Å². The molecular weight excluding hydrogens is 252 g/mol. The molecule has 0 aliphatic carbocycles. The molecule has 1 aromatic rings. The number of hydrogen-bond donors (Lipinski definition) is 2. The Morgan fingerprint density at radius 1 is 1.56 bits per heavy atom. The maximum Gasteiger partial charge on any atom is 0.236 e. The molecular formula is C12H23ClN4O. The van der Waals surface area contributed by atoms with Gasteiger partial charge in [0.1, 0.15) is 0 Å². The average Bonchev–Trinajstić information content (AvgIpc) is 2.63. The number of nitrogens with two attached hydrogens (primary N) is 1. The topological polar surface area (TPSA) is 72.9 Å². The van der Waals surface area contributed by atoms with E-state index in [1.807, 2.05) is 13.2 Å². The van der Waals surface area contributed by atoms with Gasteiger partial charge in [-0.1, -0.05) is 13.8 Å². The molecule has 0 saturated carbocycles. The molecule has 3 N–H and O–H groups in total. The lowest BCUT2D eigenvalue weighted by Crippen LogP contribution is -2.42. The smallest absolute Gasteiger partial charge is 0.236 e. The van der Waals surface area contributed by atoms with Gasteiger partial charge in [0.25, 0.3) is 0 Å². The third-order valence-electron chi connectivity index (χ3n) is 2.53. The summed E-state index contributed by atoms with van der Waals surface area (Å²) in [5.41, 5.74) is 6.89. The summed E-state index contributed by atoms with van der Waals surface area (Å²) >= 11 is 0. The first-order valence-electron chi connectivity index (χ1n) is 6.00. The van der Waals surface area contributed by atoms with E-state index in [1.165, 1.54) is 0 Å². The standard InChI is InChI=1S/C12H22N4O.ClH/c1-9(2)6-11(13)12(17)14-5-4-10-7-15-16(3)8-10;/h7-9,11H,4-6,13H2,1-3H3,(H,14,17);1H/t11-;/m0./s1. The normalized spacial score (nSPS) is 12.1. The van der Waals surface area contributed by atoms with Crippen molar-refractivity contribution in [3.05, 3.63) is 18.0 Å². The van der Waals surface area contributed by atoms with Gasteiger partial charge in [0, 0.05) is 19.8 Å². The van der Waals surface area contributed by atoms with Crippen molar-refractivity contribution in [2.24, 2.45) is 18.7 Å². The van der Waals surface area contributed by atoms with Crippen molar-refractivity contribution in [2.75, 3.05) is 6.54 Å². The second-order valence-corrected chi connectivity index (χ2v) is 4.80. The van der Waals surface area contributed by atoms with Crippen LogP contribution in [0.4, 0.5) is 0 Å². The molecule has 104 valence electrons. The minimum absolute atomic E-state index is 0. The van der Waals surface area contributed by atoms with Crippen LogP contribution in [0.5, 0.6) is 0 Å². The van der Waals surface area contributed by atoms with Crippen LogP contribution in [0.3, 0.4) is 0 Å². The fourth-order valence-electron chi connectivity index (χ4n) is 1.68. The molecule has 0 saturated heterocycles. The average molecular weight is 275 g/mol. The molecule has 0 spiro atoms. The Morgan fingerprint density at radius 3 is 2.72 bits per heavy atom. The van der Waals surface area contributed by atoms with Crippen molar-refractivity contribution < 1.29 is 4.79 Å². The molecule has 0 fully saturated rings. The zero-order valence-electron chi connectivity index (χ0n) is 11.2. The lowest BCUT2D eigenvalue weighted by Gasteiger charge is -2.13. The van der Waals surface area contributed by atoms with Gasteiger partial charge >= 0.3 is 0 Å². The Labute approximate surface area is 115 Å². The van der Waals surface area contributed by atoms with Crippen LogP contribution in [0.15, 0.2) is 12.4 Å². The van der Waals surface area contributed by atoms with Gasteiger partial charge < -0.3 is 11.1 Å². The van der Waals surface area contributed by atoms with E-state index in [1.54, 1.807) is 10.9 Å². The molecule has 0 aromatic carbocycles. The second kappa shape index (κ2) is 8.11. The molecule has 0 aliphatic heterocycles. The Hall–Kier alpha value is -1.07. The summed E-state index contributed by atoms with van der Waals surface area (Å²) < 4.78 is 1.75. The van der Waals surface area contributed by atoms with E-state index >= 15 is 0 Å². The maximum atomic E-state index is 11.6. The van der Waals surface area contributed by atoms with Crippen LogP contribution in [-0.2, 0) is 18.3 Å². The van der Waals surface area contributed by atoms with Gasteiger partial charge in [-0.3, -0.25) is 9.48 Å². The Bertz CT molecular complexity index is 365. The molecule has 6 heteroatoms. The van der Waals surface area contributed by atoms with Gasteiger partial charge in [-0.05, 0) is 24.3 Å². The number of aryl methyl sites for hydroxylation is 1. The predicted octanol–water partition coefficient (Wildman–Crippen LogP) is 0.874. The zero-order chi connectivity index (χ0) is 12.8. The summed E-state index contributed by atoms with van der Waals surface area (Å²) in [5, 5.41) is 6.91. The van der Waals surface area contributed by atoms with Gasteiger partial charge in [-0.15, -0.1) is 12.4 Å². The van der Waals surface area contributed by atoms with Crippen LogP contribution < -0.4 is 11.1 Å². The zero-order valence-corrected chi connectivity index (χ0v) is 12.0. The predicted molar refractivity (Wildman–Crippen MR) is 74.6 cm³/mol. The number of hydrogen-bond acceptors (Lipinski definition) is 3. The van der Waals surface area contributed by atoms with E-state index in [0.717, 1.165) is 18.4 Å². The number of nitrogens with one attached hydrogen (secondary N) is 1. The van der Waals surface area contributed by atoms with E-state index < -0.39 is 6.04 Å². The van der Waals surface area contributed by atoms with Crippen molar-refractivity contribution >= 4 is 18.3 Å². The Kier molecular flexibility index (Phi) is 7.62. The van der Waals surface area contributed by atoms with Crippen molar-refractivity contribution in [1.82, 2.24) is 15.1 Å².